The van der Waals surface area contributed by atoms with Gasteiger partial charge in [-0.1, -0.05) is 0 Å². The number of aryl methyl sites for hydroxylation is 1. The fraction of sp³-hybridized carbons (Fsp3) is 0.333. The molecule has 2 aromatic heterocycles. The van der Waals surface area contributed by atoms with Crippen LogP contribution in [-0.2, 0) is 13.6 Å². The minimum atomic E-state index is -0.305. The van der Waals surface area contributed by atoms with Gasteiger partial charge in [-0.3, -0.25) is 13.9 Å². The lowest BCUT2D eigenvalue weighted by Crippen LogP contribution is -2.40. The molecule has 0 radical (unpaired) electrons. The number of hydrogen-bond acceptors (Lipinski definition) is 4. The summed E-state index contributed by atoms with van der Waals surface area (Å²) in [7, 11) is 1.66. The fourth-order valence-corrected chi connectivity index (χ4v) is 2.40. The van der Waals surface area contributed by atoms with E-state index in [-0.39, 0.29) is 24.3 Å². The molecule has 0 bridgehead atoms. The zero-order valence-corrected chi connectivity index (χ0v) is 9.08. The van der Waals surface area contributed by atoms with E-state index in [0.717, 1.165) is 0 Å². The number of fused-ring (bicyclic) bond motifs is 1. The topological polar surface area (TPSA) is 70.0 Å². The Morgan fingerprint density at radius 1 is 1.47 bits per heavy atom. The van der Waals surface area contributed by atoms with Crippen LogP contribution in [0.5, 0.6) is 0 Å². The molecule has 0 fully saturated rings. The molecule has 0 saturated heterocycles. The average molecular weight is 225 g/mol. The van der Waals surface area contributed by atoms with E-state index < -0.39 is 0 Å². The molecule has 2 rings (SSSR count). The number of nitrogens with two attached hydrogens (primary N) is 1. The van der Waals surface area contributed by atoms with Gasteiger partial charge in [-0.2, -0.15) is 0 Å². The van der Waals surface area contributed by atoms with Gasteiger partial charge in [-0.15, -0.1) is 11.3 Å². The molecule has 0 saturated carbocycles. The second-order valence-electron chi connectivity index (χ2n) is 3.23. The third-order valence-corrected chi connectivity index (χ3v) is 3.28. The van der Waals surface area contributed by atoms with Gasteiger partial charge in [0.2, 0.25) is 0 Å². The Bertz CT molecular complexity index is 608. The standard InChI is InChI=1S/C9H11N3O2S/c1-11-8-6(2-5-15-8)7(13)12(4-3-10)9(11)14/h2,5H,3-4,10H2,1H3. The third kappa shape index (κ3) is 1.42. The van der Waals surface area contributed by atoms with Crippen molar-refractivity contribution < 1.29 is 0 Å². The molecule has 0 aliphatic rings. The molecule has 2 N–H and O–H groups in total. The molecule has 0 amide bonds. The fourth-order valence-electron chi connectivity index (χ4n) is 1.55. The first-order valence-electron chi connectivity index (χ1n) is 4.54. The summed E-state index contributed by atoms with van der Waals surface area (Å²) in [6, 6.07) is 1.73. The highest BCUT2D eigenvalue weighted by molar-refractivity contribution is 7.16. The van der Waals surface area contributed by atoms with Gasteiger partial charge in [0.05, 0.1) is 5.39 Å². The number of rotatable bonds is 2. The quantitative estimate of drug-likeness (QED) is 0.764. The maximum Gasteiger partial charge on any atom is 0.331 e. The van der Waals surface area contributed by atoms with E-state index in [1.807, 2.05) is 0 Å². The van der Waals surface area contributed by atoms with Crippen molar-refractivity contribution in [2.75, 3.05) is 6.54 Å². The Morgan fingerprint density at radius 2 is 2.20 bits per heavy atom. The largest absolute Gasteiger partial charge is 0.331 e. The number of nitrogens with zero attached hydrogens (tertiary/aromatic N) is 2. The molecule has 0 aromatic carbocycles. The Morgan fingerprint density at radius 3 is 2.87 bits per heavy atom. The molecule has 5 nitrogen and oxygen atoms in total. The number of hydrogen-bond donors (Lipinski definition) is 1. The molecule has 6 heteroatoms. The molecule has 0 atom stereocenters. The highest BCUT2D eigenvalue weighted by atomic mass is 32.1. The van der Waals surface area contributed by atoms with Gasteiger partial charge < -0.3 is 5.73 Å². The van der Waals surface area contributed by atoms with Crippen molar-refractivity contribution >= 4 is 21.6 Å². The van der Waals surface area contributed by atoms with Crippen molar-refractivity contribution in [1.82, 2.24) is 9.13 Å². The first-order chi connectivity index (χ1) is 7.16. The first-order valence-corrected chi connectivity index (χ1v) is 5.42. The number of thiophene rings is 1. The van der Waals surface area contributed by atoms with Crippen LogP contribution in [0.1, 0.15) is 0 Å². The highest BCUT2D eigenvalue weighted by Gasteiger charge is 2.10. The zero-order valence-electron chi connectivity index (χ0n) is 8.27. The summed E-state index contributed by atoms with van der Waals surface area (Å²) < 4.78 is 2.66. The van der Waals surface area contributed by atoms with Gasteiger partial charge in [0, 0.05) is 20.1 Å². The van der Waals surface area contributed by atoms with Gasteiger partial charge >= 0.3 is 5.69 Å². The van der Waals surface area contributed by atoms with Gasteiger partial charge in [0.25, 0.3) is 5.56 Å². The van der Waals surface area contributed by atoms with Gasteiger partial charge in [-0.25, -0.2) is 4.79 Å². The Kier molecular flexibility index (Phi) is 2.45. The minimum absolute atomic E-state index is 0.250. The molecule has 80 valence electrons. The van der Waals surface area contributed by atoms with E-state index >= 15 is 0 Å². The Balaban J connectivity index is 2.93. The maximum absolute atomic E-state index is 11.9. The summed E-state index contributed by atoms with van der Waals surface area (Å²) in [6.07, 6.45) is 0. The maximum atomic E-state index is 11.9. The normalized spacial score (nSPS) is 11.1. The minimum Gasteiger partial charge on any atom is -0.329 e. The molecule has 0 aliphatic carbocycles. The molecular weight excluding hydrogens is 214 g/mol. The van der Waals surface area contributed by atoms with Crippen LogP contribution in [0.4, 0.5) is 0 Å². The van der Waals surface area contributed by atoms with Crippen LogP contribution >= 0.6 is 11.3 Å². The predicted octanol–water partition coefficient (Wildman–Crippen LogP) is -0.280. The average Bonchev–Trinajstić information content (AvgIpc) is 2.70. The summed E-state index contributed by atoms with van der Waals surface area (Å²) in [4.78, 5) is 24.3. The third-order valence-electron chi connectivity index (χ3n) is 2.30. The summed E-state index contributed by atoms with van der Waals surface area (Å²) in [5, 5.41) is 2.38. The number of aromatic nitrogens is 2. The summed E-state index contributed by atoms with van der Waals surface area (Å²) >= 11 is 1.39. The first kappa shape index (κ1) is 10.1. The highest BCUT2D eigenvalue weighted by Crippen LogP contribution is 2.14. The monoisotopic (exact) mass is 225 g/mol. The second-order valence-corrected chi connectivity index (χ2v) is 4.12. The van der Waals surface area contributed by atoms with Crippen LogP contribution in [0, 0.1) is 0 Å². The van der Waals surface area contributed by atoms with E-state index in [0.29, 0.717) is 10.2 Å². The lowest BCUT2D eigenvalue weighted by atomic mass is 10.4. The zero-order chi connectivity index (χ0) is 11.0. The smallest absolute Gasteiger partial charge is 0.329 e. The van der Waals surface area contributed by atoms with Crippen molar-refractivity contribution in [2.45, 2.75) is 6.54 Å². The van der Waals surface area contributed by atoms with Crippen molar-refractivity contribution in [3.63, 3.8) is 0 Å². The van der Waals surface area contributed by atoms with Crippen LogP contribution in [0.25, 0.3) is 10.2 Å². The van der Waals surface area contributed by atoms with Crippen LogP contribution in [-0.4, -0.2) is 15.7 Å². The van der Waals surface area contributed by atoms with E-state index in [4.69, 9.17) is 5.73 Å². The summed E-state index contributed by atoms with van der Waals surface area (Å²) in [5.74, 6) is 0. The summed E-state index contributed by atoms with van der Waals surface area (Å²) in [6.45, 7) is 0.544. The van der Waals surface area contributed by atoms with E-state index in [9.17, 15) is 9.59 Å². The molecule has 0 aliphatic heterocycles. The molecule has 0 unspecified atom stereocenters. The van der Waals surface area contributed by atoms with Gasteiger partial charge in [0.1, 0.15) is 4.83 Å². The molecule has 2 heterocycles. The SMILES string of the molecule is Cn1c(=O)n(CCN)c(=O)c2ccsc21. The van der Waals surface area contributed by atoms with Crippen molar-refractivity contribution in [3.8, 4) is 0 Å². The molecule has 0 spiro atoms. The Hall–Kier alpha value is -1.40. The lowest BCUT2D eigenvalue weighted by Gasteiger charge is -2.06. The van der Waals surface area contributed by atoms with Crippen molar-refractivity contribution in [3.05, 3.63) is 32.3 Å². The van der Waals surface area contributed by atoms with Crippen LogP contribution < -0.4 is 17.0 Å². The summed E-state index contributed by atoms with van der Waals surface area (Å²) in [5.41, 5.74) is 4.81. The predicted molar refractivity (Wildman–Crippen MR) is 60.4 cm³/mol. The van der Waals surface area contributed by atoms with E-state index in [1.54, 1.807) is 18.5 Å². The van der Waals surface area contributed by atoms with Crippen molar-refractivity contribution in [1.29, 1.82) is 0 Å². The van der Waals surface area contributed by atoms with Gasteiger partial charge in [-0.05, 0) is 11.4 Å². The Labute approximate surface area is 89.4 Å². The second kappa shape index (κ2) is 3.63. The van der Waals surface area contributed by atoms with Crippen LogP contribution in [0.2, 0.25) is 0 Å². The van der Waals surface area contributed by atoms with Crippen LogP contribution in [0.15, 0.2) is 21.0 Å². The van der Waals surface area contributed by atoms with Crippen LogP contribution in [0.3, 0.4) is 0 Å². The van der Waals surface area contributed by atoms with E-state index in [2.05, 4.69) is 0 Å². The van der Waals surface area contributed by atoms with E-state index in [1.165, 1.54) is 20.5 Å². The molecule has 2 aromatic rings. The molecular formula is C9H11N3O2S. The van der Waals surface area contributed by atoms with Crippen molar-refractivity contribution in [2.24, 2.45) is 12.8 Å². The van der Waals surface area contributed by atoms with Gasteiger partial charge in [0.15, 0.2) is 0 Å². The lowest BCUT2D eigenvalue weighted by molar-refractivity contribution is 0.615. The molecule has 15 heavy (non-hydrogen) atoms.